The van der Waals surface area contributed by atoms with E-state index in [4.69, 9.17) is 9.68 Å². The zero-order valence-electron chi connectivity index (χ0n) is 18.3. The maximum Gasteiger partial charge on any atom is 0.258 e. The molecule has 1 aliphatic carbocycles. The average molecular weight is 514 g/mol. The lowest BCUT2D eigenvalue weighted by atomic mass is 9.87. The van der Waals surface area contributed by atoms with Crippen LogP contribution < -0.4 is 10.0 Å². The van der Waals surface area contributed by atoms with E-state index in [1.54, 1.807) is 6.20 Å². The Morgan fingerprint density at radius 3 is 2.66 bits per heavy atom. The van der Waals surface area contributed by atoms with Crippen molar-refractivity contribution in [3.05, 3.63) is 48.6 Å². The quantitative estimate of drug-likeness (QED) is 0.329. The van der Waals surface area contributed by atoms with E-state index < -0.39 is 19.9 Å². The highest BCUT2D eigenvalue weighted by molar-refractivity contribution is 7.90. The van der Waals surface area contributed by atoms with Gasteiger partial charge in [0.25, 0.3) is 10.0 Å². The van der Waals surface area contributed by atoms with Gasteiger partial charge >= 0.3 is 0 Å². The number of hydrogen-bond donors (Lipinski definition) is 3. The molecule has 1 saturated carbocycles. The van der Waals surface area contributed by atoms with Gasteiger partial charge in [0.15, 0.2) is 19.9 Å². The molecule has 4 heterocycles. The fraction of sp³-hybridized carbons (Fsp3) is 0.238. The first-order valence-electron chi connectivity index (χ1n) is 10.4. The van der Waals surface area contributed by atoms with Crippen LogP contribution in [-0.4, -0.2) is 55.1 Å². The van der Waals surface area contributed by atoms with E-state index in [9.17, 15) is 16.8 Å². The van der Waals surface area contributed by atoms with Crippen LogP contribution in [0.25, 0.3) is 22.5 Å². The van der Waals surface area contributed by atoms with Gasteiger partial charge in [-0.2, -0.15) is 10.2 Å². The van der Waals surface area contributed by atoms with Crippen LogP contribution in [0.2, 0.25) is 0 Å². The number of hydrogen-bond acceptors (Lipinski definition) is 10. The summed E-state index contributed by atoms with van der Waals surface area (Å²) >= 11 is 0. The molecule has 0 saturated heterocycles. The van der Waals surface area contributed by atoms with Gasteiger partial charge < -0.3 is 14.7 Å². The minimum Gasteiger partial charge on any atom is -0.443 e. The summed E-state index contributed by atoms with van der Waals surface area (Å²) in [6.07, 6.45) is 7.65. The molecule has 0 bridgehead atoms. The number of aromatic amines is 1. The maximum atomic E-state index is 12.6. The fourth-order valence-corrected chi connectivity index (χ4v) is 5.53. The highest BCUT2D eigenvalue weighted by Gasteiger charge is 2.34. The zero-order chi connectivity index (χ0) is 24.8. The molecule has 14 heteroatoms. The van der Waals surface area contributed by atoms with E-state index in [1.165, 1.54) is 24.5 Å². The van der Waals surface area contributed by atoms with Gasteiger partial charge in [-0.25, -0.2) is 31.5 Å². The number of H-pyrrole nitrogens is 1. The summed E-state index contributed by atoms with van der Waals surface area (Å²) < 4.78 is 57.0. The molecule has 0 aromatic carbocycles. The van der Waals surface area contributed by atoms with Gasteiger partial charge in [-0.1, -0.05) is 0 Å². The Morgan fingerprint density at radius 1 is 1.14 bits per heavy atom. The van der Waals surface area contributed by atoms with Crippen molar-refractivity contribution in [2.45, 2.75) is 35.0 Å². The number of nitrogens with zero attached hydrogens (tertiary/aromatic N) is 4. The number of oxazole rings is 1. The van der Waals surface area contributed by atoms with E-state index in [2.05, 4.69) is 30.0 Å². The summed E-state index contributed by atoms with van der Waals surface area (Å²) in [6.45, 7) is 0. The van der Waals surface area contributed by atoms with Gasteiger partial charge in [0.05, 0.1) is 22.9 Å². The summed E-state index contributed by atoms with van der Waals surface area (Å²) in [5.41, 5.74) is 1.95. The molecule has 5 rings (SSSR count). The Labute approximate surface area is 200 Å². The molecule has 4 aromatic heterocycles. The minimum absolute atomic E-state index is 0.0790. The van der Waals surface area contributed by atoms with Gasteiger partial charge in [0.2, 0.25) is 5.89 Å². The van der Waals surface area contributed by atoms with Crippen molar-refractivity contribution in [2.24, 2.45) is 0 Å². The van der Waals surface area contributed by atoms with E-state index in [-0.39, 0.29) is 33.6 Å². The maximum absolute atomic E-state index is 12.6. The number of rotatable bonds is 7. The lowest BCUT2D eigenvalue weighted by Gasteiger charge is -2.37. The van der Waals surface area contributed by atoms with Crippen LogP contribution in [0.5, 0.6) is 0 Å². The molecule has 3 N–H and O–H groups in total. The van der Waals surface area contributed by atoms with Crippen LogP contribution in [0.15, 0.2) is 57.5 Å². The van der Waals surface area contributed by atoms with Gasteiger partial charge in [-0.15, -0.1) is 0 Å². The molecule has 0 unspecified atom stereocenters. The molecule has 1 fully saturated rings. The van der Waals surface area contributed by atoms with Crippen LogP contribution in [-0.2, 0) is 19.9 Å². The molecule has 0 spiro atoms. The third-order valence-corrected chi connectivity index (χ3v) is 7.99. The second-order valence-corrected chi connectivity index (χ2v) is 11.8. The molecule has 35 heavy (non-hydrogen) atoms. The van der Waals surface area contributed by atoms with E-state index in [1.807, 2.05) is 12.1 Å². The second-order valence-electron chi connectivity index (χ2n) is 8.18. The Hall–Kier alpha value is -3.80. The van der Waals surface area contributed by atoms with Gasteiger partial charge in [-0.05, 0) is 31.0 Å². The molecular weight excluding hydrogens is 494 g/mol. The monoisotopic (exact) mass is 513 g/mol. The lowest BCUT2D eigenvalue weighted by Crippen LogP contribution is -2.49. The first-order chi connectivity index (χ1) is 16.6. The van der Waals surface area contributed by atoms with Crippen molar-refractivity contribution in [1.82, 2.24) is 24.7 Å². The molecular formula is C21H19N7O5S2. The number of anilines is 1. The van der Waals surface area contributed by atoms with Crippen LogP contribution >= 0.6 is 0 Å². The number of nitriles is 1. The second kappa shape index (κ2) is 8.45. The smallest absolute Gasteiger partial charge is 0.258 e. The summed E-state index contributed by atoms with van der Waals surface area (Å²) in [5, 5.41) is 12.8. The molecule has 1 aliphatic rings. The lowest BCUT2D eigenvalue weighted by molar-refractivity contribution is 0.346. The van der Waals surface area contributed by atoms with E-state index in [0.717, 1.165) is 17.9 Å². The number of aromatic nitrogens is 4. The number of sulfonamides is 1. The van der Waals surface area contributed by atoms with Gasteiger partial charge in [0.1, 0.15) is 11.9 Å². The molecule has 12 nitrogen and oxygen atoms in total. The first-order valence-corrected chi connectivity index (χ1v) is 13.8. The van der Waals surface area contributed by atoms with Crippen molar-refractivity contribution < 1.29 is 21.3 Å². The van der Waals surface area contributed by atoms with Crippen molar-refractivity contribution >= 4 is 36.6 Å². The van der Waals surface area contributed by atoms with Crippen LogP contribution in [0.3, 0.4) is 0 Å². The molecule has 0 atom stereocenters. The normalized spacial score (nSPS) is 18.2. The summed E-state index contributed by atoms with van der Waals surface area (Å²) in [5.74, 6) is 0.101. The van der Waals surface area contributed by atoms with Crippen molar-refractivity contribution in [1.29, 1.82) is 5.26 Å². The summed E-state index contributed by atoms with van der Waals surface area (Å²) in [6, 6.07) is 5.98. The third kappa shape index (κ3) is 4.48. The number of fused-ring (bicyclic) bond motifs is 1. The number of sulfone groups is 1. The topological polar surface area (TPSA) is 184 Å². The molecule has 0 radical (unpaired) electrons. The Bertz CT molecular complexity index is 1680. The standard InChI is InChI=1S/C21H19N7O5S2/c1-34(29,30)18-11-33-21(27-18)16-10-25-20-15(3-5-24-20)19(16)26-13-7-14(8-13)28-35(31,32)17-6-12(9-22)2-4-23-17/h2-6,10-11,13-14,28H,7-8H2,1H3,(H2,24,25,26)/t13-,14+. The van der Waals surface area contributed by atoms with Crippen LogP contribution in [0, 0.1) is 11.3 Å². The average Bonchev–Trinajstić information content (AvgIpc) is 3.47. The highest BCUT2D eigenvalue weighted by Crippen LogP contribution is 2.36. The Kier molecular flexibility index (Phi) is 5.55. The van der Waals surface area contributed by atoms with Crippen molar-refractivity contribution in [3.63, 3.8) is 0 Å². The van der Waals surface area contributed by atoms with Crippen molar-refractivity contribution in [3.8, 4) is 17.5 Å². The fourth-order valence-electron chi connectivity index (χ4n) is 3.82. The number of pyridine rings is 2. The molecule has 0 amide bonds. The predicted molar refractivity (Wildman–Crippen MR) is 124 cm³/mol. The summed E-state index contributed by atoms with van der Waals surface area (Å²) in [4.78, 5) is 15.3. The largest absolute Gasteiger partial charge is 0.443 e. The Balaban J connectivity index is 1.35. The third-order valence-electron chi connectivity index (χ3n) is 5.63. The van der Waals surface area contributed by atoms with Gasteiger partial charge in [0, 0.05) is 42.3 Å². The molecule has 4 aromatic rings. The highest BCUT2D eigenvalue weighted by atomic mass is 32.2. The molecule has 180 valence electrons. The number of nitrogens with one attached hydrogen (secondary N) is 3. The predicted octanol–water partition coefficient (Wildman–Crippen LogP) is 1.81. The molecule has 0 aliphatic heterocycles. The van der Waals surface area contributed by atoms with E-state index >= 15 is 0 Å². The van der Waals surface area contributed by atoms with E-state index in [0.29, 0.717) is 29.7 Å². The first kappa shape index (κ1) is 23.0. The Morgan fingerprint density at radius 2 is 1.94 bits per heavy atom. The summed E-state index contributed by atoms with van der Waals surface area (Å²) in [7, 11) is -7.42. The SMILES string of the molecule is CS(=O)(=O)c1coc(-c2cnc3[nH]ccc3c2N[C@H]2C[C@@H](NS(=O)(=O)c3cc(C#N)ccn3)C2)n1. The van der Waals surface area contributed by atoms with Crippen LogP contribution in [0.4, 0.5) is 5.69 Å². The zero-order valence-corrected chi connectivity index (χ0v) is 19.9. The minimum atomic E-state index is -3.87. The van der Waals surface area contributed by atoms with Crippen LogP contribution in [0.1, 0.15) is 18.4 Å². The van der Waals surface area contributed by atoms with Crippen molar-refractivity contribution in [2.75, 3.05) is 11.6 Å². The van der Waals surface area contributed by atoms with Gasteiger partial charge in [-0.3, -0.25) is 0 Å².